The van der Waals surface area contributed by atoms with E-state index in [0.717, 1.165) is 13.0 Å². The third-order valence-corrected chi connectivity index (χ3v) is 3.27. The van der Waals surface area contributed by atoms with E-state index in [1.54, 1.807) is 0 Å². The quantitative estimate of drug-likeness (QED) is 0.695. The normalized spacial score (nSPS) is 14.2. The monoisotopic (exact) mass is 336 g/mol. The summed E-state index contributed by atoms with van der Waals surface area (Å²) in [5.74, 6) is -5.19. The van der Waals surface area contributed by atoms with E-state index in [1.807, 2.05) is 5.32 Å². The van der Waals surface area contributed by atoms with Crippen LogP contribution < -0.4 is 11.1 Å². The predicted octanol–water partition coefficient (Wildman–Crippen LogP) is 2.31. The number of amides is 1. The molecule has 1 amide bonds. The number of carbonyl (C=O) groups excluding carboxylic acids is 1. The Morgan fingerprint density at radius 3 is 2.48 bits per heavy atom. The fourth-order valence-corrected chi connectivity index (χ4v) is 1.72. The van der Waals surface area contributed by atoms with Crippen molar-refractivity contribution < 1.29 is 32.3 Å². The fraction of sp³-hybridized carbons (Fsp3) is 0.429. The van der Waals surface area contributed by atoms with Crippen LogP contribution in [0.15, 0.2) is 18.2 Å². The molecule has 0 aliphatic heterocycles. The van der Waals surface area contributed by atoms with Gasteiger partial charge in [0.1, 0.15) is 5.82 Å². The van der Waals surface area contributed by atoms with Crippen molar-refractivity contribution in [3.8, 4) is 0 Å². The van der Waals surface area contributed by atoms with Crippen LogP contribution in [-0.2, 0) is 16.0 Å². The van der Waals surface area contributed by atoms with E-state index in [4.69, 9.17) is 10.8 Å². The standard InChI is InChI=1S/C14H16F4N2O3/c1-7(14(16,17)18)12(19)13(23)20-10-6-8(2-4-9(10)15)3-5-11(21)22/h2,4,6-7,12H,3,5,19H2,1H3,(H,20,23)(H,21,22)/t7?,12-/m0/s1. The van der Waals surface area contributed by atoms with Crippen molar-refractivity contribution in [1.29, 1.82) is 0 Å². The summed E-state index contributed by atoms with van der Waals surface area (Å²) in [6.07, 6.45) is -4.77. The number of rotatable bonds is 6. The Labute approximate surface area is 129 Å². The zero-order valence-electron chi connectivity index (χ0n) is 12.2. The van der Waals surface area contributed by atoms with Crippen LogP contribution in [0.4, 0.5) is 23.2 Å². The van der Waals surface area contributed by atoms with Crippen LogP contribution in [-0.4, -0.2) is 29.2 Å². The second-order valence-corrected chi connectivity index (χ2v) is 5.05. The lowest BCUT2D eigenvalue weighted by Crippen LogP contribution is -2.46. The highest BCUT2D eigenvalue weighted by Gasteiger charge is 2.42. The molecule has 2 atom stereocenters. The molecule has 0 fully saturated rings. The lowest BCUT2D eigenvalue weighted by molar-refractivity contribution is -0.176. The van der Waals surface area contributed by atoms with Crippen molar-refractivity contribution in [2.75, 3.05) is 5.32 Å². The van der Waals surface area contributed by atoms with Gasteiger partial charge >= 0.3 is 12.1 Å². The summed E-state index contributed by atoms with van der Waals surface area (Å²) in [7, 11) is 0. The first-order valence-corrected chi connectivity index (χ1v) is 6.65. The second-order valence-electron chi connectivity index (χ2n) is 5.05. The van der Waals surface area contributed by atoms with Gasteiger partial charge in [0.05, 0.1) is 17.6 Å². The first-order valence-electron chi connectivity index (χ1n) is 6.65. The number of nitrogens with one attached hydrogen (secondary N) is 1. The molecule has 23 heavy (non-hydrogen) atoms. The van der Waals surface area contributed by atoms with Crippen molar-refractivity contribution >= 4 is 17.6 Å². The summed E-state index contributed by atoms with van der Waals surface area (Å²) in [5.41, 5.74) is 5.32. The summed E-state index contributed by atoms with van der Waals surface area (Å²) >= 11 is 0. The minimum Gasteiger partial charge on any atom is -0.481 e. The van der Waals surface area contributed by atoms with Crippen LogP contribution in [0.5, 0.6) is 0 Å². The minimum atomic E-state index is -4.65. The molecular formula is C14H16F4N2O3. The van der Waals surface area contributed by atoms with Gasteiger partial charge in [0.25, 0.3) is 0 Å². The topological polar surface area (TPSA) is 92.4 Å². The molecule has 1 rings (SSSR count). The SMILES string of the molecule is CC([C@H](N)C(=O)Nc1cc(CCC(=O)O)ccc1F)C(F)(F)F. The molecule has 0 saturated carbocycles. The molecule has 9 heteroatoms. The molecular weight excluding hydrogens is 320 g/mol. The Balaban J connectivity index is 2.85. The summed E-state index contributed by atoms with van der Waals surface area (Å²) < 4.78 is 51.2. The van der Waals surface area contributed by atoms with Gasteiger partial charge in [-0.1, -0.05) is 13.0 Å². The number of aliphatic carboxylic acids is 1. The lowest BCUT2D eigenvalue weighted by atomic mass is 10.0. The van der Waals surface area contributed by atoms with E-state index in [2.05, 4.69) is 0 Å². The lowest BCUT2D eigenvalue weighted by Gasteiger charge is -2.22. The number of carbonyl (C=O) groups is 2. The molecule has 0 aromatic heterocycles. The third-order valence-electron chi connectivity index (χ3n) is 3.27. The number of carboxylic acid groups (broad SMARTS) is 1. The second kappa shape index (κ2) is 7.40. The molecule has 0 aliphatic rings. The fourth-order valence-electron chi connectivity index (χ4n) is 1.72. The smallest absolute Gasteiger partial charge is 0.393 e. The number of hydrogen-bond donors (Lipinski definition) is 3. The number of alkyl halides is 3. The van der Waals surface area contributed by atoms with E-state index in [1.165, 1.54) is 12.1 Å². The largest absolute Gasteiger partial charge is 0.481 e. The van der Waals surface area contributed by atoms with E-state index in [0.29, 0.717) is 5.56 Å². The highest BCUT2D eigenvalue weighted by molar-refractivity contribution is 5.95. The Morgan fingerprint density at radius 1 is 1.35 bits per heavy atom. The van der Waals surface area contributed by atoms with Crippen LogP contribution >= 0.6 is 0 Å². The number of nitrogens with two attached hydrogens (primary N) is 1. The van der Waals surface area contributed by atoms with Crippen LogP contribution in [0.3, 0.4) is 0 Å². The summed E-state index contributed by atoms with van der Waals surface area (Å²) in [6.45, 7) is 0.754. The number of benzene rings is 1. The molecule has 0 heterocycles. The van der Waals surface area contributed by atoms with E-state index >= 15 is 0 Å². The van der Waals surface area contributed by atoms with Crippen LogP contribution in [0.25, 0.3) is 0 Å². The number of anilines is 1. The van der Waals surface area contributed by atoms with Crippen molar-refractivity contribution in [3.05, 3.63) is 29.6 Å². The molecule has 128 valence electrons. The molecule has 0 spiro atoms. The molecule has 0 radical (unpaired) electrons. The molecule has 4 N–H and O–H groups in total. The van der Waals surface area contributed by atoms with Crippen molar-refractivity contribution in [2.45, 2.75) is 32.0 Å². The Morgan fingerprint density at radius 2 is 1.96 bits per heavy atom. The van der Waals surface area contributed by atoms with Crippen LogP contribution in [0.1, 0.15) is 18.9 Å². The predicted molar refractivity (Wildman–Crippen MR) is 74.2 cm³/mol. The molecule has 1 aromatic carbocycles. The molecule has 0 saturated heterocycles. The molecule has 0 bridgehead atoms. The zero-order valence-corrected chi connectivity index (χ0v) is 12.2. The van der Waals surface area contributed by atoms with Gasteiger partial charge in [-0.25, -0.2) is 4.39 Å². The number of hydrogen-bond acceptors (Lipinski definition) is 3. The summed E-state index contributed by atoms with van der Waals surface area (Å²) in [4.78, 5) is 22.2. The molecule has 1 aromatic rings. The van der Waals surface area contributed by atoms with Crippen LogP contribution in [0, 0.1) is 11.7 Å². The van der Waals surface area contributed by atoms with E-state index in [-0.39, 0.29) is 18.5 Å². The first-order chi connectivity index (χ1) is 10.5. The molecule has 1 unspecified atom stereocenters. The zero-order chi connectivity index (χ0) is 17.8. The van der Waals surface area contributed by atoms with Gasteiger partial charge in [-0.3, -0.25) is 9.59 Å². The van der Waals surface area contributed by atoms with E-state index < -0.39 is 35.8 Å². The van der Waals surface area contributed by atoms with Crippen molar-refractivity contribution in [3.63, 3.8) is 0 Å². The Hall–Kier alpha value is -2.16. The van der Waals surface area contributed by atoms with Gasteiger partial charge in [-0.2, -0.15) is 13.2 Å². The van der Waals surface area contributed by atoms with Gasteiger partial charge in [0, 0.05) is 6.42 Å². The van der Waals surface area contributed by atoms with Gasteiger partial charge < -0.3 is 16.2 Å². The van der Waals surface area contributed by atoms with Gasteiger partial charge in [-0.05, 0) is 24.1 Å². The van der Waals surface area contributed by atoms with Crippen molar-refractivity contribution in [1.82, 2.24) is 0 Å². The van der Waals surface area contributed by atoms with Gasteiger partial charge in [0.2, 0.25) is 5.91 Å². The highest BCUT2D eigenvalue weighted by Crippen LogP contribution is 2.28. The number of carboxylic acids is 1. The number of halogens is 4. The maximum atomic E-state index is 13.6. The number of aryl methyl sites for hydroxylation is 1. The third kappa shape index (κ3) is 5.51. The maximum absolute atomic E-state index is 13.6. The Kier molecular flexibility index (Phi) is 6.08. The van der Waals surface area contributed by atoms with Gasteiger partial charge in [0.15, 0.2) is 0 Å². The molecule has 5 nitrogen and oxygen atoms in total. The van der Waals surface area contributed by atoms with Gasteiger partial charge in [-0.15, -0.1) is 0 Å². The first kappa shape index (κ1) is 18.9. The Bertz CT molecular complexity index is 590. The van der Waals surface area contributed by atoms with Crippen molar-refractivity contribution in [2.24, 2.45) is 11.7 Å². The average Bonchev–Trinajstić information content (AvgIpc) is 2.45. The van der Waals surface area contributed by atoms with Crippen LogP contribution in [0.2, 0.25) is 0 Å². The minimum absolute atomic E-state index is 0.0868. The molecule has 0 aliphatic carbocycles. The average molecular weight is 336 g/mol. The maximum Gasteiger partial charge on any atom is 0.393 e. The summed E-state index contributed by atoms with van der Waals surface area (Å²) in [5, 5.41) is 10.6. The van der Waals surface area contributed by atoms with E-state index in [9.17, 15) is 27.2 Å². The summed E-state index contributed by atoms with van der Waals surface area (Å²) in [6, 6.07) is 1.59. The highest BCUT2D eigenvalue weighted by atomic mass is 19.4.